The average Bonchev–Trinajstić information content (AvgIpc) is 2.84. The van der Waals surface area contributed by atoms with E-state index in [9.17, 15) is 19.2 Å². The fourth-order valence-electron chi connectivity index (χ4n) is 3.05. The third-order valence-corrected chi connectivity index (χ3v) is 5.90. The molecular formula is C25H43IN2O8. The van der Waals surface area contributed by atoms with E-state index in [1.165, 1.54) is 0 Å². The fraction of sp³-hybridized carbons (Fsp3) is 0.760. The first kappa shape index (κ1) is 34.3. The van der Waals surface area contributed by atoms with Gasteiger partial charge in [-0.15, -0.1) is 0 Å². The molecule has 2 N–H and O–H groups in total. The normalized spacial score (nSPS) is 11.5. The van der Waals surface area contributed by atoms with Crippen molar-refractivity contribution in [1.29, 1.82) is 0 Å². The second-order valence-corrected chi connectivity index (χ2v) is 9.79. The Balaban J connectivity index is 3.87. The number of unbranched alkanes of at least 4 members (excludes halogenated alkanes) is 6. The number of nitrogens with one attached hydrogen (secondary N) is 2. The molecular weight excluding hydrogens is 583 g/mol. The van der Waals surface area contributed by atoms with Crippen molar-refractivity contribution in [2.45, 2.75) is 96.7 Å². The van der Waals surface area contributed by atoms with Gasteiger partial charge in [0.2, 0.25) is 0 Å². The van der Waals surface area contributed by atoms with Crippen LogP contribution in [0.25, 0.3) is 0 Å². The highest BCUT2D eigenvalue weighted by Gasteiger charge is 2.29. The molecule has 36 heavy (non-hydrogen) atoms. The Morgan fingerprint density at radius 2 is 1.39 bits per heavy atom. The van der Waals surface area contributed by atoms with Crippen LogP contribution in [0.4, 0.5) is 4.79 Å². The van der Waals surface area contributed by atoms with E-state index in [2.05, 4.69) is 20.3 Å². The predicted octanol–water partition coefficient (Wildman–Crippen LogP) is 4.54. The third-order valence-electron chi connectivity index (χ3n) is 5.50. The fourth-order valence-corrected chi connectivity index (χ4v) is 3.20. The van der Waals surface area contributed by atoms with Gasteiger partial charge in [-0.05, 0) is 53.4 Å². The summed E-state index contributed by atoms with van der Waals surface area (Å²) in [5.74, 6) is -0.821. The van der Waals surface area contributed by atoms with E-state index in [0.29, 0.717) is 32.5 Å². The van der Waals surface area contributed by atoms with Gasteiger partial charge in [-0.3, -0.25) is 9.59 Å². The van der Waals surface area contributed by atoms with Crippen LogP contribution < -0.4 is 10.6 Å². The Kier molecular flexibility index (Phi) is 18.5. The van der Waals surface area contributed by atoms with Gasteiger partial charge in [-0.25, -0.2) is 9.59 Å². The molecule has 0 saturated heterocycles. The Morgan fingerprint density at radius 3 is 2.00 bits per heavy atom. The number of ketones is 1. The summed E-state index contributed by atoms with van der Waals surface area (Å²) in [6.45, 7) is 11.4. The summed E-state index contributed by atoms with van der Waals surface area (Å²) in [4.78, 5) is 46.7. The number of Topliss-reactive ketones (excluding diaryl/α,β-unsaturated/α-hetero) is 1. The van der Waals surface area contributed by atoms with E-state index < -0.39 is 23.3 Å². The summed E-state index contributed by atoms with van der Waals surface area (Å²) in [6.07, 6.45) is 7.95. The lowest BCUT2D eigenvalue weighted by atomic mass is 9.98. The number of hydrogen-bond acceptors (Lipinski definition) is 8. The second kappa shape index (κ2) is 19.4. The van der Waals surface area contributed by atoms with E-state index in [4.69, 9.17) is 14.2 Å². The average molecular weight is 627 g/mol. The standard InChI is InChI=1S/C25H43IN2O8/c1-6-21(30)33-19-35-24(2,3)20(29)15-11-10-14-18-34-25(4,5)22(31)27-16-12-8-7-9-13-17-28-23(32)36-26/h6H,1,7-19H2,2-5H3,(H,27,31)(H,28,32). The van der Waals surface area contributed by atoms with Crippen LogP contribution in [0.5, 0.6) is 0 Å². The van der Waals surface area contributed by atoms with Crippen molar-refractivity contribution >= 4 is 46.8 Å². The summed E-state index contributed by atoms with van der Waals surface area (Å²) in [5, 5.41) is 5.57. The molecule has 2 amide bonds. The van der Waals surface area contributed by atoms with Crippen LogP contribution in [0.1, 0.15) is 85.5 Å². The van der Waals surface area contributed by atoms with E-state index in [1.54, 1.807) is 50.7 Å². The zero-order chi connectivity index (χ0) is 27.5. The van der Waals surface area contributed by atoms with E-state index in [-0.39, 0.29) is 18.5 Å². The molecule has 11 heteroatoms. The molecule has 0 unspecified atom stereocenters. The number of hydrogen-bond donors (Lipinski definition) is 2. The molecule has 0 bridgehead atoms. The van der Waals surface area contributed by atoms with Crippen LogP contribution in [0.3, 0.4) is 0 Å². The van der Waals surface area contributed by atoms with Crippen molar-refractivity contribution in [3.05, 3.63) is 12.7 Å². The number of ether oxygens (including phenoxy) is 3. The molecule has 0 radical (unpaired) electrons. The Bertz CT molecular complexity index is 698. The van der Waals surface area contributed by atoms with Crippen LogP contribution in [0, 0.1) is 0 Å². The highest BCUT2D eigenvalue weighted by Crippen LogP contribution is 2.16. The topological polar surface area (TPSA) is 129 Å². The minimum atomic E-state index is -1.04. The molecule has 0 atom stereocenters. The molecule has 0 aromatic heterocycles. The number of esters is 1. The molecule has 10 nitrogen and oxygen atoms in total. The quantitative estimate of drug-likeness (QED) is 0.0625. The van der Waals surface area contributed by atoms with Crippen molar-refractivity contribution in [1.82, 2.24) is 10.6 Å². The molecule has 0 saturated carbocycles. The first-order valence-electron chi connectivity index (χ1n) is 12.4. The van der Waals surface area contributed by atoms with Crippen molar-refractivity contribution < 1.29 is 36.5 Å². The minimum Gasteiger partial charge on any atom is -0.435 e. The van der Waals surface area contributed by atoms with E-state index >= 15 is 0 Å². The zero-order valence-electron chi connectivity index (χ0n) is 22.1. The zero-order valence-corrected chi connectivity index (χ0v) is 24.3. The van der Waals surface area contributed by atoms with Crippen LogP contribution in [-0.2, 0) is 31.7 Å². The third kappa shape index (κ3) is 16.9. The maximum absolute atomic E-state index is 12.4. The molecule has 0 aromatic rings. The van der Waals surface area contributed by atoms with Crippen molar-refractivity contribution in [3.63, 3.8) is 0 Å². The largest absolute Gasteiger partial charge is 0.435 e. The molecule has 0 spiro atoms. The summed E-state index contributed by atoms with van der Waals surface area (Å²) in [6, 6.07) is 0. The number of halogens is 1. The van der Waals surface area contributed by atoms with Gasteiger partial charge in [0.05, 0.1) is 0 Å². The van der Waals surface area contributed by atoms with Crippen LogP contribution >= 0.6 is 23.0 Å². The van der Waals surface area contributed by atoms with Gasteiger partial charge in [0.1, 0.15) is 11.2 Å². The molecule has 0 heterocycles. The minimum absolute atomic E-state index is 0.0738. The molecule has 0 rings (SSSR count). The summed E-state index contributed by atoms with van der Waals surface area (Å²) in [5.41, 5.74) is -1.97. The van der Waals surface area contributed by atoms with Gasteiger partial charge < -0.3 is 27.9 Å². The predicted molar refractivity (Wildman–Crippen MR) is 144 cm³/mol. The van der Waals surface area contributed by atoms with Crippen LogP contribution in [0.15, 0.2) is 12.7 Å². The van der Waals surface area contributed by atoms with Gasteiger partial charge in [0, 0.05) is 32.2 Å². The Labute approximate surface area is 229 Å². The van der Waals surface area contributed by atoms with E-state index in [0.717, 1.165) is 51.0 Å². The van der Waals surface area contributed by atoms with Gasteiger partial charge in [-0.1, -0.05) is 32.3 Å². The van der Waals surface area contributed by atoms with Crippen molar-refractivity contribution in [2.24, 2.45) is 0 Å². The van der Waals surface area contributed by atoms with Gasteiger partial charge in [0.25, 0.3) is 5.91 Å². The van der Waals surface area contributed by atoms with Crippen LogP contribution in [0.2, 0.25) is 0 Å². The number of carbonyl (C=O) groups excluding carboxylic acids is 4. The number of carbonyl (C=O) groups is 4. The molecule has 0 aliphatic carbocycles. The molecule has 0 fully saturated rings. The van der Waals surface area contributed by atoms with Gasteiger partial charge in [0.15, 0.2) is 35.6 Å². The van der Waals surface area contributed by atoms with Gasteiger partial charge >= 0.3 is 12.1 Å². The summed E-state index contributed by atoms with van der Waals surface area (Å²) >= 11 is 1.55. The Hall–Kier alpha value is -1.73. The highest BCUT2D eigenvalue weighted by atomic mass is 127. The number of amides is 2. The second-order valence-electron chi connectivity index (χ2n) is 9.35. The molecule has 0 aliphatic rings. The maximum Gasteiger partial charge on any atom is 0.416 e. The first-order chi connectivity index (χ1) is 17.0. The van der Waals surface area contributed by atoms with Crippen molar-refractivity contribution in [3.8, 4) is 0 Å². The summed E-state index contributed by atoms with van der Waals surface area (Å²) < 4.78 is 20.4. The monoisotopic (exact) mass is 626 g/mol. The van der Waals surface area contributed by atoms with Crippen LogP contribution in [-0.4, -0.2) is 61.4 Å². The lowest BCUT2D eigenvalue weighted by molar-refractivity contribution is -0.171. The molecule has 208 valence electrons. The Morgan fingerprint density at radius 1 is 0.806 bits per heavy atom. The maximum atomic E-state index is 12.4. The van der Waals surface area contributed by atoms with E-state index in [1.807, 2.05) is 0 Å². The smallest absolute Gasteiger partial charge is 0.416 e. The lowest BCUT2D eigenvalue weighted by Gasteiger charge is -2.24. The SMILES string of the molecule is C=CC(=O)OCOC(C)(C)C(=O)CCCCCOC(C)(C)C(=O)NCCCCCCCNC(=O)OI. The van der Waals surface area contributed by atoms with Gasteiger partial charge in [-0.2, -0.15) is 0 Å². The number of rotatable bonds is 21. The summed E-state index contributed by atoms with van der Waals surface area (Å²) in [7, 11) is 0. The molecule has 0 aliphatic heterocycles. The van der Waals surface area contributed by atoms with Crippen molar-refractivity contribution in [2.75, 3.05) is 26.5 Å². The first-order valence-corrected chi connectivity index (χ1v) is 13.3. The molecule has 0 aromatic carbocycles. The lowest BCUT2D eigenvalue weighted by Crippen LogP contribution is -2.44. The highest BCUT2D eigenvalue weighted by molar-refractivity contribution is 14.1.